The molecule has 4 N–H and O–H groups in total. The number of nitrogen functional groups attached to an aromatic ring is 1. The van der Waals surface area contributed by atoms with Gasteiger partial charge in [-0.25, -0.2) is 15.0 Å². The second-order valence-corrected chi connectivity index (χ2v) is 10.4. The first-order chi connectivity index (χ1) is 16.4. The van der Waals surface area contributed by atoms with Gasteiger partial charge < -0.3 is 16.4 Å². The highest BCUT2D eigenvalue weighted by molar-refractivity contribution is 7.99. The Kier molecular flexibility index (Phi) is 5.20. The van der Waals surface area contributed by atoms with Crippen LogP contribution in [0.25, 0.3) is 5.65 Å². The number of anilines is 2. The second kappa shape index (κ2) is 8.14. The minimum absolute atomic E-state index is 0.0309. The van der Waals surface area contributed by atoms with Gasteiger partial charge in [0.2, 0.25) is 5.95 Å². The Bertz CT molecular complexity index is 1400. The van der Waals surface area contributed by atoms with Gasteiger partial charge >= 0.3 is 0 Å². The lowest BCUT2D eigenvalue weighted by molar-refractivity contribution is 0.186. The Balaban J connectivity index is 1.26. The van der Waals surface area contributed by atoms with E-state index >= 15 is 0 Å². The smallest absolute Gasteiger partial charge is 0.211 e. The zero-order chi connectivity index (χ0) is 23.4. The van der Waals surface area contributed by atoms with Crippen molar-refractivity contribution in [3.8, 4) is 0 Å². The minimum Gasteiger partial charge on any atom is -0.382 e. The summed E-state index contributed by atoms with van der Waals surface area (Å²) in [7, 11) is 5.86. The van der Waals surface area contributed by atoms with Gasteiger partial charge in [-0.05, 0) is 48.0 Å². The van der Waals surface area contributed by atoms with Gasteiger partial charge in [0.25, 0.3) is 0 Å². The largest absolute Gasteiger partial charge is 0.382 e. The van der Waals surface area contributed by atoms with Crippen LogP contribution in [0.15, 0.2) is 52.8 Å². The molecule has 170 valence electrons. The van der Waals surface area contributed by atoms with Gasteiger partial charge in [0.1, 0.15) is 13.7 Å². The third-order valence-electron chi connectivity index (χ3n) is 7.05. The van der Waals surface area contributed by atoms with E-state index in [1.165, 1.54) is 17.3 Å². The predicted octanol–water partition coefficient (Wildman–Crippen LogP) is 2.54. The van der Waals surface area contributed by atoms with Crippen LogP contribution < -0.4 is 22.0 Å². The lowest BCUT2D eigenvalue weighted by Gasteiger charge is -2.42. The van der Waals surface area contributed by atoms with Crippen LogP contribution in [0.4, 0.5) is 11.8 Å². The summed E-state index contributed by atoms with van der Waals surface area (Å²) in [6.07, 6.45) is 10.3. The molecule has 8 nitrogen and oxygen atoms in total. The lowest BCUT2D eigenvalue weighted by atomic mass is 9.73. The zero-order valence-corrected chi connectivity index (χ0v) is 19.9. The van der Waals surface area contributed by atoms with Gasteiger partial charge in [-0.1, -0.05) is 29.4 Å². The maximum absolute atomic E-state index is 6.72. The van der Waals surface area contributed by atoms with E-state index in [-0.39, 0.29) is 17.3 Å². The number of halogens is 1. The summed E-state index contributed by atoms with van der Waals surface area (Å²) < 4.78 is 2.02. The van der Waals surface area contributed by atoms with Crippen LogP contribution in [0.2, 0.25) is 5.02 Å². The minimum atomic E-state index is 0.0309. The van der Waals surface area contributed by atoms with Crippen molar-refractivity contribution >= 4 is 54.2 Å². The van der Waals surface area contributed by atoms with Crippen LogP contribution in [-0.4, -0.2) is 45.3 Å². The molecule has 34 heavy (non-hydrogen) atoms. The average Bonchev–Trinajstić information content (AvgIpc) is 3.42. The highest BCUT2D eigenvalue weighted by Crippen LogP contribution is 2.50. The molecular weight excluding hydrogens is 467 g/mol. The summed E-state index contributed by atoms with van der Waals surface area (Å²) in [5.74, 6) is 1.08. The molecule has 11 heteroatoms. The molecule has 2 radical (unpaired) electrons. The first-order valence-electron chi connectivity index (χ1n) is 11.1. The van der Waals surface area contributed by atoms with E-state index in [0.717, 1.165) is 59.4 Å². The van der Waals surface area contributed by atoms with Gasteiger partial charge in [-0.2, -0.15) is 0 Å². The van der Waals surface area contributed by atoms with Crippen LogP contribution in [0.3, 0.4) is 0 Å². The third kappa shape index (κ3) is 3.43. The molecule has 0 saturated carbocycles. The van der Waals surface area contributed by atoms with Gasteiger partial charge in [0.15, 0.2) is 5.65 Å². The maximum Gasteiger partial charge on any atom is 0.211 e. The Hall–Kier alpha value is -2.82. The molecule has 1 aliphatic heterocycles. The fourth-order valence-electron chi connectivity index (χ4n) is 5.22. The second-order valence-electron chi connectivity index (χ2n) is 8.93. The Morgan fingerprint density at radius 3 is 2.76 bits per heavy atom. The maximum atomic E-state index is 6.72. The highest BCUT2D eigenvalue weighted by atomic mass is 35.5. The summed E-state index contributed by atoms with van der Waals surface area (Å²) in [4.78, 5) is 21.9. The van der Waals surface area contributed by atoms with E-state index in [1.807, 2.05) is 29.1 Å². The van der Waals surface area contributed by atoms with Crippen LogP contribution in [-0.2, 0) is 6.42 Å². The van der Waals surface area contributed by atoms with Crippen molar-refractivity contribution in [3.63, 3.8) is 0 Å². The van der Waals surface area contributed by atoms with Crippen LogP contribution >= 0.6 is 23.4 Å². The number of fused-ring (bicyclic) bond motifs is 2. The fraction of sp³-hybridized carbons (Fsp3) is 0.304. The summed E-state index contributed by atoms with van der Waals surface area (Å²) in [6, 6.07) is 5.84. The van der Waals surface area contributed by atoms with E-state index < -0.39 is 0 Å². The Labute approximate surface area is 207 Å². The van der Waals surface area contributed by atoms with E-state index in [1.54, 1.807) is 12.3 Å². The number of nitrogens with two attached hydrogens (primary N) is 2. The first-order valence-corrected chi connectivity index (χ1v) is 12.3. The number of hydrogen-bond donors (Lipinski definition) is 2. The number of pyridine rings is 2. The standard InChI is InChI=1S/C23H22BClN8S/c24-17-10-15(18(25)20(27)31-17)34-16-12-30-22(33-9-6-29-21(16)33)32-7-3-23(4-8-32)11-14-13(19(23)26)2-1-5-28-14/h1-2,5-6,9-10,12,19H,3-4,7-8,11,26H2,(H2,27,31). The van der Waals surface area contributed by atoms with E-state index in [4.69, 9.17) is 35.9 Å². The molecule has 1 spiro atoms. The SMILES string of the molecule is [B]c1cc(Sc2cnc(N3CCC4(CC3)Cc3ncccc3C4N)n3ccnc23)c(Cl)c(N)n1. The van der Waals surface area contributed by atoms with Crippen molar-refractivity contribution < 1.29 is 0 Å². The van der Waals surface area contributed by atoms with Crippen LogP contribution in [0, 0.1) is 5.41 Å². The summed E-state index contributed by atoms with van der Waals surface area (Å²) >= 11 is 7.78. The van der Waals surface area contributed by atoms with Crippen LogP contribution in [0.5, 0.6) is 0 Å². The van der Waals surface area contributed by atoms with Gasteiger partial charge in [-0.3, -0.25) is 9.38 Å². The summed E-state index contributed by atoms with van der Waals surface area (Å²) in [6.45, 7) is 1.75. The molecule has 1 saturated heterocycles. The fourth-order valence-corrected chi connectivity index (χ4v) is 6.39. The number of hydrogen-bond acceptors (Lipinski definition) is 8. The van der Waals surface area contributed by atoms with E-state index in [2.05, 4.69) is 25.9 Å². The Morgan fingerprint density at radius 2 is 1.97 bits per heavy atom. The molecule has 0 bridgehead atoms. The molecule has 0 amide bonds. The third-order valence-corrected chi connectivity index (χ3v) is 8.60. The molecule has 1 atom stereocenters. The van der Waals surface area contributed by atoms with Crippen molar-refractivity contribution in [3.05, 3.63) is 59.3 Å². The molecule has 4 aromatic heterocycles. The molecule has 1 fully saturated rings. The van der Waals surface area contributed by atoms with Crippen molar-refractivity contribution in [1.82, 2.24) is 24.3 Å². The molecule has 1 unspecified atom stereocenters. The number of aromatic nitrogens is 5. The lowest BCUT2D eigenvalue weighted by Crippen LogP contribution is -2.45. The Morgan fingerprint density at radius 1 is 1.15 bits per heavy atom. The summed E-state index contributed by atoms with van der Waals surface area (Å²) in [5, 5.41) is 0.373. The van der Waals surface area contributed by atoms with Gasteiger partial charge in [-0.15, -0.1) is 0 Å². The molecule has 5 heterocycles. The topological polar surface area (TPSA) is 111 Å². The highest BCUT2D eigenvalue weighted by Gasteiger charge is 2.46. The number of piperidine rings is 1. The van der Waals surface area contributed by atoms with Crippen molar-refractivity contribution in [2.45, 2.75) is 35.1 Å². The molecule has 6 rings (SSSR count). The van der Waals surface area contributed by atoms with Crippen molar-refractivity contribution in [1.29, 1.82) is 0 Å². The van der Waals surface area contributed by atoms with Gasteiger partial charge in [0.05, 0.1) is 9.92 Å². The molecule has 4 aromatic rings. The summed E-state index contributed by atoms with van der Waals surface area (Å²) in [5.41, 5.74) is 16.1. The van der Waals surface area contributed by atoms with Crippen LogP contribution in [0.1, 0.15) is 30.1 Å². The van der Waals surface area contributed by atoms with E-state index in [9.17, 15) is 0 Å². The number of rotatable bonds is 3. The molecule has 0 aromatic carbocycles. The monoisotopic (exact) mass is 488 g/mol. The van der Waals surface area contributed by atoms with Crippen molar-refractivity contribution in [2.24, 2.45) is 11.1 Å². The first kappa shape index (κ1) is 21.7. The zero-order valence-electron chi connectivity index (χ0n) is 18.4. The van der Waals surface area contributed by atoms with E-state index in [0.29, 0.717) is 10.6 Å². The van der Waals surface area contributed by atoms with Gasteiger partial charge in [0, 0.05) is 54.5 Å². The predicted molar refractivity (Wildman–Crippen MR) is 135 cm³/mol. The molecular formula is C23H22BClN8S. The quantitative estimate of drug-likeness (QED) is 0.423. The number of nitrogens with zero attached hydrogens (tertiary/aromatic N) is 6. The molecule has 1 aliphatic carbocycles. The normalized spacial score (nSPS) is 19.1. The number of imidazole rings is 1. The molecule has 2 aliphatic rings. The van der Waals surface area contributed by atoms with Crippen molar-refractivity contribution in [2.75, 3.05) is 23.7 Å². The average molecular weight is 489 g/mol.